The summed E-state index contributed by atoms with van der Waals surface area (Å²) in [6, 6.07) is 3.81. The monoisotopic (exact) mass is 648 g/mol. The number of ether oxygens (including phenoxy) is 1. The van der Waals surface area contributed by atoms with E-state index in [-0.39, 0.29) is 16.5 Å². The van der Waals surface area contributed by atoms with Crippen LogP contribution in [0.3, 0.4) is 0 Å². The minimum atomic E-state index is -2.72. The zero-order chi connectivity index (χ0) is 35.3. The molecule has 0 fully saturated rings. The molecule has 45 heavy (non-hydrogen) atoms. The Hall–Kier alpha value is -4.99. The van der Waals surface area contributed by atoms with Crippen LogP contribution in [0, 0.1) is 22.9 Å². The maximum atomic E-state index is 15.0. The number of hydrogen-bond donors (Lipinski definition) is 0. The number of aryl methyl sites for hydroxylation is 2. The zero-order valence-electron chi connectivity index (χ0n) is 27.3. The van der Waals surface area contributed by atoms with Gasteiger partial charge in [0.15, 0.2) is 24.2 Å². The fourth-order valence-electron chi connectivity index (χ4n) is 4.25. The van der Waals surface area contributed by atoms with E-state index in [9.17, 15) is 27.6 Å². The van der Waals surface area contributed by atoms with Crippen molar-refractivity contribution in [3.63, 3.8) is 0 Å². The normalized spacial score (nSPS) is 13.6. The van der Waals surface area contributed by atoms with Crippen molar-refractivity contribution in [2.45, 2.75) is 40.6 Å². The summed E-state index contributed by atoms with van der Waals surface area (Å²) in [5.74, 6) is -5.13. The summed E-state index contributed by atoms with van der Waals surface area (Å²) >= 11 is 6.51. The van der Waals surface area contributed by atoms with Crippen LogP contribution in [-0.2, 0) is 43.4 Å². The first-order valence-corrected chi connectivity index (χ1v) is 13.5. The highest BCUT2D eigenvalue weighted by Crippen LogP contribution is 2.29. The number of carbonyl (C=O) groups is 1. The van der Waals surface area contributed by atoms with Crippen LogP contribution in [0.25, 0.3) is 10.9 Å². The first-order chi connectivity index (χ1) is 22.3. The summed E-state index contributed by atoms with van der Waals surface area (Å²) in [7, 11) is 1.67. The second kappa shape index (κ2) is 11.8. The number of aromatic nitrogens is 8. The van der Waals surface area contributed by atoms with Crippen LogP contribution >= 0.6 is 11.6 Å². The van der Waals surface area contributed by atoms with Crippen LogP contribution in [0.5, 0.6) is 0 Å². The van der Waals surface area contributed by atoms with Crippen molar-refractivity contribution in [1.82, 2.24) is 38.2 Å². The van der Waals surface area contributed by atoms with Gasteiger partial charge in [0.1, 0.15) is 12.1 Å². The predicted molar refractivity (Wildman–Crippen MR) is 155 cm³/mol. The molecule has 0 saturated heterocycles. The van der Waals surface area contributed by atoms with E-state index in [0.29, 0.717) is 32.3 Å². The number of nitrogens with zero attached hydrogens (tertiary/aromatic N) is 9. The fourth-order valence-corrected chi connectivity index (χ4v) is 4.45. The summed E-state index contributed by atoms with van der Waals surface area (Å²) in [5, 5.41) is 8.68. The van der Waals surface area contributed by atoms with Crippen molar-refractivity contribution in [2.24, 2.45) is 24.4 Å². The Labute approximate surface area is 261 Å². The molecular weight excluding hydrogens is 619 g/mol. The van der Waals surface area contributed by atoms with Crippen LogP contribution in [0.4, 0.5) is 18.9 Å². The van der Waals surface area contributed by atoms with Crippen LogP contribution < -0.4 is 17.0 Å². The van der Waals surface area contributed by atoms with Gasteiger partial charge in [0.05, 0.1) is 34.7 Å². The lowest BCUT2D eigenvalue weighted by Crippen LogP contribution is -2.55. The molecule has 0 N–H and O–H groups in total. The molecule has 3 aromatic heterocycles. The third-order valence-corrected chi connectivity index (χ3v) is 6.81. The van der Waals surface area contributed by atoms with Gasteiger partial charge in [-0.3, -0.25) is 18.7 Å². The standard InChI is InChI=1S/C28H27ClF3N9O4/c1-28(2,3)24(42)45-14-41-25(34-22-7-16-10-37(4)35-21(16)8-17(22)29)39(11-15-6-19(31)20(32)9-18(15)30)26(43)40(27(41)44)12-23-33-13-38(5)36-23/h6-10,13H,11-12,14H2,1-5H3/i5D3. The number of halogens is 4. The molecule has 0 aliphatic carbocycles. The molecule has 2 aromatic carbocycles. The molecule has 0 bridgehead atoms. The number of benzene rings is 2. The average Bonchev–Trinajstić information content (AvgIpc) is 3.60. The molecular formula is C28H27ClF3N9O4. The Balaban J connectivity index is 1.82. The molecule has 17 heteroatoms. The minimum absolute atomic E-state index is 0.0159. The Bertz CT molecular complexity index is 2270. The lowest BCUT2D eigenvalue weighted by Gasteiger charge is -2.19. The van der Waals surface area contributed by atoms with Gasteiger partial charge < -0.3 is 4.74 Å². The highest BCUT2D eigenvalue weighted by atomic mass is 35.5. The highest BCUT2D eigenvalue weighted by Gasteiger charge is 2.25. The first kappa shape index (κ1) is 27.6. The Kier molecular flexibility index (Phi) is 7.25. The zero-order valence-corrected chi connectivity index (χ0v) is 25.0. The molecule has 3 heterocycles. The van der Waals surface area contributed by atoms with Gasteiger partial charge in [-0.2, -0.15) is 10.2 Å². The van der Waals surface area contributed by atoms with E-state index in [0.717, 1.165) is 15.5 Å². The molecule has 0 aliphatic heterocycles. The molecule has 5 aromatic rings. The summed E-state index contributed by atoms with van der Waals surface area (Å²) in [6.07, 6.45) is 2.53. The number of rotatable bonds is 7. The lowest BCUT2D eigenvalue weighted by molar-refractivity contribution is -0.157. The summed E-state index contributed by atoms with van der Waals surface area (Å²) in [6.45, 7) is -0.364. The number of esters is 1. The first-order valence-electron chi connectivity index (χ1n) is 14.7. The van der Waals surface area contributed by atoms with Crippen LogP contribution in [0.2, 0.25) is 5.02 Å². The van der Waals surface area contributed by atoms with Gasteiger partial charge in [0, 0.05) is 41.3 Å². The fraction of sp³-hybridized carbons (Fsp3) is 0.321. The Morgan fingerprint density at radius 3 is 2.38 bits per heavy atom. The van der Waals surface area contributed by atoms with Crippen LogP contribution in [0.15, 0.2) is 51.4 Å². The molecule has 0 amide bonds. The van der Waals surface area contributed by atoms with E-state index in [1.807, 2.05) is 0 Å². The molecule has 236 valence electrons. The van der Waals surface area contributed by atoms with E-state index in [2.05, 4.69) is 20.2 Å². The van der Waals surface area contributed by atoms with E-state index in [1.54, 1.807) is 34.0 Å². The van der Waals surface area contributed by atoms with E-state index < -0.39 is 78.2 Å². The van der Waals surface area contributed by atoms with Crippen molar-refractivity contribution in [1.29, 1.82) is 0 Å². The molecule has 13 nitrogen and oxygen atoms in total. The van der Waals surface area contributed by atoms with Crippen molar-refractivity contribution >= 4 is 34.2 Å². The number of hydrogen-bond acceptors (Lipinski definition) is 8. The molecule has 0 aliphatic rings. The van der Waals surface area contributed by atoms with E-state index in [1.165, 1.54) is 16.8 Å². The quantitative estimate of drug-likeness (QED) is 0.196. The summed E-state index contributed by atoms with van der Waals surface area (Å²) < 4.78 is 75.2. The maximum Gasteiger partial charge on any atom is 0.338 e. The van der Waals surface area contributed by atoms with Crippen LogP contribution in [-0.4, -0.2) is 44.2 Å². The van der Waals surface area contributed by atoms with Crippen molar-refractivity contribution in [3.05, 3.63) is 97.2 Å². The van der Waals surface area contributed by atoms with Crippen LogP contribution in [0.1, 0.15) is 36.3 Å². The number of carbonyl (C=O) groups excluding carboxylic acids is 1. The van der Waals surface area contributed by atoms with Crippen molar-refractivity contribution < 1.29 is 26.8 Å². The molecule has 0 atom stereocenters. The predicted octanol–water partition coefficient (Wildman–Crippen LogP) is 2.77. The Morgan fingerprint density at radius 2 is 1.69 bits per heavy atom. The third kappa shape index (κ3) is 6.45. The van der Waals surface area contributed by atoms with Gasteiger partial charge in [-0.15, -0.1) is 0 Å². The minimum Gasteiger partial charge on any atom is -0.443 e. The van der Waals surface area contributed by atoms with Gasteiger partial charge in [-0.1, -0.05) is 11.6 Å². The summed E-state index contributed by atoms with van der Waals surface area (Å²) in [5.41, 5.74) is -3.82. The van der Waals surface area contributed by atoms with Crippen molar-refractivity contribution in [2.75, 3.05) is 0 Å². The maximum absolute atomic E-state index is 15.0. The van der Waals surface area contributed by atoms with Gasteiger partial charge in [0.25, 0.3) is 0 Å². The lowest BCUT2D eigenvalue weighted by atomic mass is 9.98. The van der Waals surface area contributed by atoms with E-state index >= 15 is 0 Å². The summed E-state index contributed by atoms with van der Waals surface area (Å²) in [4.78, 5) is 49.2. The topological polar surface area (TPSA) is 136 Å². The average molecular weight is 649 g/mol. The van der Waals surface area contributed by atoms with Crippen molar-refractivity contribution in [3.8, 4) is 0 Å². The SMILES string of the molecule is [2H]C([2H])([2H])n1cnc(Cn2c(=O)n(COC(=O)C(C)(C)C)c(=Nc3cc4cn(C)nc4cc3Cl)n(Cc3cc(F)c(F)cc3F)c2=O)n1. The third-order valence-electron chi connectivity index (χ3n) is 6.51. The highest BCUT2D eigenvalue weighted by molar-refractivity contribution is 6.33. The molecule has 0 unspecified atom stereocenters. The van der Waals surface area contributed by atoms with E-state index in [4.69, 9.17) is 20.5 Å². The smallest absolute Gasteiger partial charge is 0.338 e. The largest absolute Gasteiger partial charge is 0.443 e. The molecule has 0 radical (unpaired) electrons. The molecule has 5 rings (SSSR count). The molecule has 0 spiro atoms. The second-order valence-corrected chi connectivity index (χ2v) is 11.4. The van der Waals surface area contributed by atoms with Gasteiger partial charge in [0.2, 0.25) is 5.62 Å². The second-order valence-electron chi connectivity index (χ2n) is 11.0. The Morgan fingerprint density at radius 1 is 0.978 bits per heavy atom. The van der Waals surface area contributed by atoms with Gasteiger partial charge in [-0.25, -0.2) is 41.9 Å². The van der Waals surface area contributed by atoms with Gasteiger partial charge >= 0.3 is 17.3 Å². The van der Waals surface area contributed by atoms with Gasteiger partial charge in [-0.05, 0) is 39.0 Å². The molecule has 0 saturated carbocycles. The number of fused-ring (bicyclic) bond motifs is 1.